The van der Waals surface area contributed by atoms with E-state index >= 15 is 0 Å². The summed E-state index contributed by atoms with van der Waals surface area (Å²) in [6, 6.07) is 14.9. The lowest BCUT2D eigenvalue weighted by atomic mass is 10.1. The Kier molecular flexibility index (Phi) is 9.52. The molecule has 40 heavy (non-hydrogen) atoms. The lowest BCUT2D eigenvalue weighted by molar-refractivity contribution is -0.140. The van der Waals surface area contributed by atoms with Gasteiger partial charge in [-0.2, -0.15) is 0 Å². The van der Waals surface area contributed by atoms with Crippen molar-refractivity contribution in [3.05, 3.63) is 90.0 Å². The molecule has 0 heterocycles. The molecule has 0 bridgehead atoms. The van der Waals surface area contributed by atoms with Gasteiger partial charge in [0.25, 0.3) is 10.0 Å². The number of amides is 2. The third kappa shape index (κ3) is 7.56. The molecule has 0 aliphatic heterocycles. The summed E-state index contributed by atoms with van der Waals surface area (Å²) in [5.41, 5.74) is -0.434. The number of sulfonamides is 1. The van der Waals surface area contributed by atoms with Crippen LogP contribution in [0.4, 0.5) is 14.5 Å². The Bertz CT molecular complexity index is 1440. The zero-order valence-electron chi connectivity index (χ0n) is 23.0. The van der Waals surface area contributed by atoms with Gasteiger partial charge in [0.1, 0.15) is 30.0 Å². The fourth-order valence-electron chi connectivity index (χ4n) is 3.88. The molecule has 0 aromatic heterocycles. The van der Waals surface area contributed by atoms with E-state index in [2.05, 4.69) is 5.32 Å². The van der Waals surface area contributed by atoms with Crippen molar-refractivity contribution in [3.8, 4) is 5.75 Å². The van der Waals surface area contributed by atoms with E-state index < -0.39 is 51.6 Å². The molecule has 3 aromatic rings. The van der Waals surface area contributed by atoms with Gasteiger partial charge in [0.15, 0.2) is 0 Å². The van der Waals surface area contributed by atoms with E-state index in [0.29, 0.717) is 5.75 Å². The summed E-state index contributed by atoms with van der Waals surface area (Å²) < 4.78 is 61.8. The number of nitrogens with one attached hydrogen (secondary N) is 1. The number of methoxy groups -OCH3 is 1. The van der Waals surface area contributed by atoms with Crippen LogP contribution in [0.5, 0.6) is 5.75 Å². The lowest BCUT2D eigenvalue weighted by Gasteiger charge is -2.33. The zero-order valence-corrected chi connectivity index (χ0v) is 23.8. The second-order valence-corrected chi connectivity index (χ2v) is 12.1. The molecule has 0 saturated heterocycles. The SMILES string of the molecule is COc1ccc(S(=O)(=O)N(CC(=O)N(Cc2ccccc2F)[C@@H](C)C(=O)NC(C)(C)C)c2ccc(F)cc2)cc1. The van der Waals surface area contributed by atoms with Gasteiger partial charge in [0.2, 0.25) is 11.8 Å². The second-order valence-electron chi connectivity index (χ2n) is 10.2. The van der Waals surface area contributed by atoms with Gasteiger partial charge in [-0.1, -0.05) is 18.2 Å². The highest BCUT2D eigenvalue weighted by Gasteiger charge is 2.33. The average Bonchev–Trinajstić information content (AvgIpc) is 2.90. The van der Waals surface area contributed by atoms with E-state index in [0.717, 1.165) is 21.3 Å². The first-order valence-corrected chi connectivity index (χ1v) is 13.9. The highest BCUT2D eigenvalue weighted by Crippen LogP contribution is 2.26. The first-order chi connectivity index (χ1) is 18.7. The number of nitrogens with zero attached hydrogens (tertiary/aromatic N) is 2. The Morgan fingerprint density at radius 2 is 1.55 bits per heavy atom. The highest BCUT2D eigenvalue weighted by molar-refractivity contribution is 7.92. The summed E-state index contributed by atoms with van der Waals surface area (Å²) in [5.74, 6) is -2.00. The van der Waals surface area contributed by atoms with E-state index in [4.69, 9.17) is 4.74 Å². The number of hydrogen-bond donors (Lipinski definition) is 1. The molecule has 0 spiro atoms. The number of ether oxygens (including phenoxy) is 1. The maximum Gasteiger partial charge on any atom is 0.264 e. The molecule has 0 aliphatic carbocycles. The van der Waals surface area contributed by atoms with Gasteiger partial charge in [0.05, 0.1) is 17.7 Å². The minimum Gasteiger partial charge on any atom is -0.497 e. The van der Waals surface area contributed by atoms with Crippen LogP contribution in [0, 0.1) is 11.6 Å². The maximum atomic E-state index is 14.6. The van der Waals surface area contributed by atoms with Crippen LogP contribution in [0.2, 0.25) is 0 Å². The third-order valence-electron chi connectivity index (χ3n) is 6.00. The molecular weight excluding hydrogens is 540 g/mol. The van der Waals surface area contributed by atoms with Crippen LogP contribution in [0.3, 0.4) is 0 Å². The van der Waals surface area contributed by atoms with Crippen molar-refractivity contribution in [2.24, 2.45) is 0 Å². The molecule has 11 heteroatoms. The van der Waals surface area contributed by atoms with Gasteiger partial charge >= 0.3 is 0 Å². The van der Waals surface area contributed by atoms with Crippen LogP contribution in [-0.4, -0.2) is 50.4 Å². The summed E-state index contributed by atoms with van der Waals surface area (Å²) in [7, 11) is -2.90. The summed E-state index contributed by atoms with van der Waals surface area (Å²) in [6.07, 6.45) is 0. The van der Waals surface area contributed by atoms with Crippen LogP contribution in [0.1, 0.15) is 33.3 Å². The smallest absolute Gasteiger partial charge is 0.264 e. The van der Waals surface area contributed by atoms with E-state index in [1.54, 1.807) is 26.8 Å². The molecule has 1 N–H and O–H groups in total. The van der Waals surface area contributed by atoms with Gasteiger partial charge in [-0.3, -0.25) is 13.9 Å². The maximum absolute atomic E-state index is 14.6. The Hall–Kier alpha value is -3.99. The lowest BCUT2D eigenvalue weighted by Crippen LogP contribution is -2.54. The first-order valence-electron chi connectivity index (χ1n) is 12.5. The van der Waals surface area contributed by atoms with Crippen molar-refractivity contribution in [3.63, 3.8) is 0 Å². The van der Waals surface area contributed by atoms with Gasteiger partial charge in [0, 0.05) is 17.6 Å². The van der Waals surface area contributed by atoms with E-state index in [1.807, 2.05) is 0 Å². The van der Waals surface area contributed by atoms with Crippen LogP contribution in [0.25, 0.3) is 0 Å². The minimum atomic E-state index is -4.34. The molecule has 3 rings (SSSR count). The number of carbonyl (C=O) groups excluding carboxylic acids is 2. The molecule has 3 aromatic carbocycles. The molecule has 0 radical (unpaired) electrons. The third-order valence-corrected chi connectivity index (χ3v) is 7.79. The average molecular weight is 574 g/mol. The summed E-state index contributed by atoms with van der Waals surface area (Å²) in [6.45, 7) is 5.79. The zero-order chi connectivity index (χ0) is 29.7. The van der Waals surface area contributed by atoms with Gasteiger partial charge in [-0.05, 0) is 82.3 Å². The van der Waals surface area contributed by atoms with Crippen molar-refractivity contribution >= 4 is 27.5 Å². The number of carbonyl (C=O) groups is 2. The van der Waals surface area contributed by atoms with Crippen LogP contribution in [0.15, 0.2) is 77.7 Å². The number of rotatable bonds is 10. The van der Waals surface area contributed by atoms with Gasteiger partial charge in [-0.15, -0.1) is 0 Å². The van der Waals surface area contributed by atoms with E-state index in [9.17, 15) is 26.8 Å². The van der Waals surface area contributed by atoms with Crippen molar-refractivity contribution in [2.45, 2.75) is 50.7 Å². The number of benzene rings is 3. The van der Waals surface area contributed by atoms with Crippen LogP contribution < -0.4 is 14.4 Å². The van der Waals surface area contributed by atoms with E-state index in [-0.39, 0.29) is 22.7 Å². The molecule has 0 fully saturated rings. The molecule has 214 valence electrons. The molecular formula is C29H33F2N3O5S. The molecule has 2 amide bonds. The fourth-order valence-corrected chi connectivity index (χ4v) is 5.29. The van der Waals surface area contributed by atoms with Crippen molar-refractivity contribution in [1.82, 2.24) is 10.2 Å². The number of hydrogen-bond acceptors (Lipinski definition) is 5. The van der Waals surface area contributed by atoms with E-state index in [1.165, 1.54) is 68.6 Å². The molecule has 0 saturated carbocycles. The molecule has 1 atom stereocenters. The molecule has 0 aliphatic rings. The predicted molar refractivity (Wildman–Crippen MR) is 148 cm³/mol. The highest BCUT2D eigenvalue weighted by atomic mass is 32.2. The number of halogens is 2. The van der Waals surface area contributed by atoms with Gasteiger partial charge < -0.3 is 15.0 Å². The van der Waals surface area contributed by atoms with Crippen molar-refractivity contribution in [2.75, 3.05) is 18.0 Å². The topological polar surface area (TPSA) is 96.0 Å². The minimum absolute atomic E-state index is 0.0307. The quantitative estimate of drug-likeness (QED) is 0.385. The van der Waals surface area contributed by atoms with Crippen molar-refractivity contribution < 1.29 is 31.5 Å². The Morgan fingerprint density at radius 3 is 2.10 bits per heavy atom. The second kappa shape index (κ2) is 12.5. The Labute approximate surface area is 233 Å². The first kappa shape index (κ1) is 30.6. The van der Waals surface area contributed by atoms with Gasteiger partial charge in [-0.25, -0.2) is 17.2 Å². The summed E-state index contributed by atoms with van der Waals surface area (Å²) in [4.78, 5) is 27.9. The Morgan fingerprint density at radius 1 is 0.950 bits per heavy atom. The monoisotopic (exact) mass is 573 g/mol. The standard InChI is InChI=1S/C29H33F2N3O5S/c1-20(28(36)32-29(2,3)4)33(18-21-8-6-7-9-26(21)31)27(35)19-34(23-12-10-22(30)11-13-23)40(37,38)25-16-14-24(39-5)15-17-25/h6-17,20H,18-19H2,1-5H3,(H,32,36)/t20-/m0/s1. The summed E-state index contributed by atoms with van der Waals surface area (Å²) >= 11 is 0. The largest absolute Gasteiger partial charge is 0.497 e. The number of anilines is 1. The molecule has 8 nitrogen and oxygen atoms in total. The summed E-state index contributed by atoms with van der Waals surface area (Å²) in [5, 5.41) is 2.80. The fraction of sp³-hybridized carbons (Fsp3) is 0.310. The molecule has 0 unspecified atom stereocenters. The van der Waals surface area contributed by atoms with Crippen molar-refractivity contribution in [1.29, 1.82) is 0 Å². The predicted octanol–water partition coefficient (Wildman–Crippen LogP) is 4.50. The van der Waals surface area contributed by atoms with Crippen LogP contribution in [-0.2, 0) is 26.2 Å². The normalized spacial score (nSPS) is 12.4. The Balaban J connectivity index is 2.04. The van der Waals surface area contributed by atoms with Crippen LogP contribution >= 0.6 is 0 Å².